The van der Waals surface area contributed by atoms with Crippen molar-refractivity contribution in [2.45, 2.75) is 26.2 Å². The quantitative estimate of drug-likeness (QED) is 0.790. The van der Waals surface area contributed by atoms with Crippen molar-refractivity contribution >= 4 is 5.91 Å². The number of carbonyl (C=O) groups is 1. The first-order valence-electron chi connectivity index (χ1n) is 6.48. The lowest BCUT2D eigenvalue weighted by Gasteiger charge is -2.20. The van der Waals surface area contributed by atoms with Crippen molar-refractivity contribution in [2.75, 3.05) is 20.2 Å². The molecule has 1 rings (SSSR count). The number of ether oxygens (including phenoxy) is 1. The Bertz CT molecular complexity index is 461. The maximum Gasteiger partial charge on any atom is 0.224 e. The molecule has 0 radical (unpaired) electrons. The van der Waals surface area contributed by atoms with Crippen LogP contribution in [0.2, 0.25) is 0 Å². The first kappa shape index (κ1) is 15.0. The van der Waals surface area contributed by atoms with Crippen molar-refractivity contribution in [1.29, 1.82) is 5.26 Å². The molecule has 19 heavy (non-hydrogen) atoms. The zero-order valence-electron chi connectivity index (χ0n) is 11.7. The van der Waals surface area contributed by atoms with E-state index in [-0.39, 0.29) is 12.3 Å². The number of methoxy groups -OCH3 is 1. The van der Waals surface area contributed by atoms with Crippen LogP contribution in [-0.2, 0) is 4.79 Å². The minimum Gasteiger partial charge on any atom is -0.496 e. The molecular weight excluding hydrogens is 240 g/mol. The van der Waals surface area contributed by atoms with Gasteiger partial charge in [0.25, 0.3) is 0 Å². The zero-order valence-corrected chi connectivity index (χ0v) is 11.7. The Kier molecular flexibility index (Phi) is 5.87. The fourth-order valence-corrected chi connectivity index (χ4v) is 2.06. The first-order valence-corrected chi connectivity index (χ1v) is 6.48. The van der Waals surface area contributed by atoms with Crippen LogP contribution in [0.15, 0.2) is 24.3 Å². The number of nitriles is 1. The lowest BCUT2D eigenvalue weighted by Crippen LogP contribution is -2.31. The van der Waals surface area contributed by atoms with E-state index in [1.54, 1.807) is 12.0 Å². The van der Waals surface area contributed by atoms with Crippen LogP contribution in [0.25, 0.3) is 0 Å². The predicted molar refractivity (Wildman–Crippen MR) is 73.9 cm³/mol. The minimum atomic E-state index is -0.468. The molecule has 0 aliphatic heterocycles. The fraction of sp³-hybridized carbons (Fsp3) is 0.467. The number of hydrogen-bond acceptors (Lipinski definition) is 3. The smallest absolute Gasteiger partial charge is 0.224 e. The fourth-order valence-electron chi connectivity index (χ4n) is 2.06. The molecular formula is C15H20N2O2. The third-order valence-corrected chi connectivity index (χ3v) is 3.17. The van der Waals surface area contributed by atoms with Gasteiger partial charge in [0.2, 0.25) is 5.91 Å². The molecule has 0 heterocycles. The second kappa shape index (κ2) is 7.42. The summed E-state index contributed by atoms with van der Waals surface area (Å²) in [6, 6.07) is 9.54. The molecule has 1 aromatic carbocycles. The molecule has 0 saturated carbocycles. The van der Waals surface area contributed by atoms with Crippen molar-refractivity contribution in [2.24, 2.45) is 0 Å². The first-order chi connectivity index (χ1) is 9.17. The van der Waals surface area contributed by atoms with E-state index in [4.69, 9.17) is 4.74 Å². The number of carbonyl (C=O) groups excluding carboxylic acids is 1. The maximum absolute atomic E-state index is 12.1. The highest BCUT2D eigenvalue weighted by molar-refractivity contribution is 5.77. The van der Waals surface area contributed by atoms with Crippen LogP contribution in [0.5, 0.6) is 5.75 Å². The SMILES string of the molecule is CCN(CC)C(=O)CC(C#N)c1ccccc1OC. The second-order valence-electron chi connectivity index (χ2n) is 4.19. The van der Waals surface area contributed by atoms with Crippen molar-refractivity contribution in [1.82, 2.24) is 4.90 Å². The lowest BCUT2D eigenvalue weighted by molar-refractivity contribution is -0.130. The van der Waals surface area contributed by atoms with Gasteiger partial charge in [-0.1, -0.05) is 18.2 Å². The van der Waals surface area contributed by atoms with Gasteiger partial charge in [-0.25, -0.2) is 0 Å². The Labute approximate surface area is 114 Å². The highest BCUT2D eigenvalue weighted by Gasteiger charge is 2.21. The van der Waals surface area contributed by atoms with E-state index in [0.717, 1.165) is 5.56 Å². The van der Waals surface area contributed by atoms with Gasteiger partial charge < -0.3 is 9.64 Å². The van der Waals surface area contributed by atoms with Crippen LogP contribution >= 0.6 is 0 Å². The van der Waals surface area contributed by atoms with Gasteiger partial charge in [0.05, 0.1) is 19.1 Å². The molecule has 0 bridgehead atoms. The van der Waals surface area contributed by atoms with Gasteiger partial charge in [0.1, 0.15) is 5.75 Å². The summed E-state index contributed by atoms with van der Waals surface area (Å²) < 4.78 is 5.25. The Morgan fingerprint density at radius 1 is 1.37 bits per heavy atom. The van der Waals surface area contributed by atoms with Gasteiger partial charge in [-0.3, -0.25) is 4.79 Å². The molecule has 1 atom stereocenters. The topological polar surface area (TPSA) is 53.3 Å². The molecule has 0 aliphatic carbocycles. The third kappa shape index (κ3) is 3.72. The lowest BCUT2D eigenvalue weighted by atomic mass is 9.95. The van der Waals surface area contributed by atoms with Crippen molar-refractivity contribution in [3.63, 3.8) is 0 Å². The predicted octanol–water partition coefficient (Wildman–Crippen LogP) is 2.56. The van der Waals surface area contributed by atoms with Crippen LogP contribution in [-0.4, -0.2) is 31.0 Å². The Morgan fingerprint density at radius 2 is 2.00 bits per heavy atom. The van der Waals surface area contributed by atoms with Gasteiger partial charge in [-0.2, -0.15) is 5.26 Å². The summed E-state index contributed by atoms with van der Waals surface area (Å²) in [6.45, 7) is 5.20. The maximum atomic E-state index is 12.1. The molecule has 102 valence electrons. The standard InChI is InChI=1S/C15H20N2O2/c1-4-17(5-2)15(18)10-12(11-16)13-8-6-7-9-14(13)19-3/h6-9,12H,4-5,10H2,1-3H3. The Morgan fingerprint density at radius 3 is 2.53 bits per heavy atom. The van der Waals surface area contributed by atoms with Crippen LogP contribution in [0.3, 0.4) is 0 Å². The summed E-state index contributed by atoms with van der Waals surface area (Å²) in [6.07, 6.45) is 0.193. The summed E-state index contributed by atoms with van der Waals surface area (Å²) in [7, 11) is 1.57. The van der Waals surface area contributed by atoms with E-state index in [0.29, 0.717) is 18.8 Å². The normalized spacial score (nSPS) is 11.5. The van der Waals surface area contributed by atoms with Crippen molar-refractivity contribution < 1.29 is 9.53 Å². The summed E-state index contributed by atoms with van der Waals surface area (Å²) in [5, 5.41) is 9.30. The molecule has 0 spiro atoms. The summed E-state index contributed by atoms with van der Waals surface area (Å²) in [4.78, 5) is 13.8. The highest BCUT2D eigenvalue weighted by Crippen LogP contribution is 2.28. The third-order valence-electron chi connectivity index (χ3n) is 3.17. The number of nitrogens with zero attached hydrogens (tertiary/aromatic N) is 2. The van der Waals surface area contributed by atoms with Crippen LogP contribution in [0, 0.1) is 11.3 Å². The van der Waals surface area contributed by atoms with Gasteiger partial charge in [0.15, 0.2) is 0 Å². The molecule has 1 unspecified atom stereocenters. The Hall–Kier alpha value is -2.02. The minimum absolute atomic E-state index is 0.00227. The number of rotatable bonds is 6. The summed E-state index contributed by atoms with van der Waals surface area (Å²) in [5.74, 6) is 0.188. The molecule has 1 amide bonds. The Balaban J connectivity index is 2.90. The number of benzene rings is 1. The number of para-hydroxylation sites is 1. The molecule has 4 nitrogen and oxygen atoms in total. The largest absolute Gasteiger partial charge is 0.496 e. The molecule has 0 N–H and O–H groups in total. The highest BCUT2D eigenvalue weighted by atomic mass is 16.5. The molecule has 0 aromatic heterocycles. The van der Waals surface area contributed by atoms with Crippen LogP contribution < -0.4 is 4.74 Å². The number of hydrogen-bond donors (Lipinski definition) is 0. The molecule has 0 saturated heterocycles. The van der Waals surface area contributed by atoms with E-state index in [1.165, 1.54) is 0 Å². The molecule has 0 aliphatic rings. The second-order valence-corrected chi connectivity index (χ2v) is 4.19. The monoisotopic (exact) mass is 260 g/mol. The summed E-state index contributed by atoms with van der Waals surface area (Å²) >= 11 is 0. The molecule has 0 fully saturated rings. The zero-order chi connectivity index (χ0) is 14.3. The van der Waals surface area contributed by atoms with E-state index in [1.807, 2.05) is 38.1 Å². The van der Waals surface area contributed by atoms with Gasteiger partial charge in [-0.05, 0) is 19.9 Å². The van der Waals surface area contributed by atoms with E-state index in [2.05, 4.69) is 6.07 Å². The van der Waals surface area contributed by atoms with Gasteiger partial charge in [0, 0.05) is 25.1 Å². The summed E-state index contributed by atoms with van der Waals surface area (Å²) in [5.41, 5.74) is 0.771. The number of amides is 1. The van der Waals surface area contributed by atoms with Crippen LogP contribution in [0.4, 0.5) is 0 Å². The van der Waals surface area contributed by atoms with Crippen molar-refractivity contribution in [3.05, 3.63) is 29.8 Å². The van der Waals surface area contributed by atoms with E-state index in [9.17, 15) is 10.1 Å². The average molecular weight is 260 g/mol. The van der Waals surface area contributed by atoms with Gasteiger partial charge >= 0.3 is 0 Å². The molecule has 1 aromatic rings. The van der Waals surface area contributed by atoms with Crippen LogP contribution in [0.1, 0.15) is 31.7 Å². The van der Waals surface area contributed by atoms with Gasteiger partial charge in [-0.15, -0.1) is 0 Å². The van der Waals surface area contributed by atoms with Crippen molar-refractivity contribution in [3.8, 4) is 11.8 Å². The van der Waals surface area contributed by atoms with E-state index >= 15 is 0 Å². The average Bonchev–Trinajstić information content (AvgIpc) is 2.46. The van der Waals surface area contributed by atoms with E-state index < -0.39 is 5.92 Å². The molecule has 4 heteroatoms.